The Hall–Kier alpha value is -3.06. The highest BCUT2D eigenvalue weighted by molar-refractivity contribution is 5.99. The topological polar surface area (TPSA) is 72.3 Å². The summed E-state index contributed by atoms with van der Waals surface area (Å²) in [6.45, 7) is 15.8. The smallest absolute Gasteiger partial charge is 0.162 e. The molecule has 0 saturated heterocycles. The molecule has 2 N–H and O–H groups in total. The lowest BCUT2D eigenvalue weighted by molar-refractivity contribution is 0.329. The Morgan fingerprint density at radius 3 is 2.35 bits per heavy atom. The van der Waals surface area contributed by atoms with E-state index in [0.29, 0.717) is 5.52 Å². The standard InChI is InChI=1S/C16H12FN5.C9H20.C8H19N/c1-9-6-20-16-12(7-21-22(16)8-9)10-2-3-19-15-5-13(17)14(18)4-11(10)15;2*1-4-6-8-9(3)7-5-2/h2-8H,18H2,1H3;9H,4-8H2,1-3H3;4-8H2,1-3H3. The van der Waals surface area contributed by atoms with Gasteiger partial charge >= 0.3 is 0 Å². The van der Waals surface area contributed by atoms with Crippen LogP contribution in [0.5, 0.6) is 0 Å². The summed E-state index contributed by atoms with van der Waals surface area (Å²) in [6, 6.07) is 4.81. The van der Waals surface area contributed by atoms with Crippen LogP contribution in [-0.2, 0) is 0 Å². The highest BCUT2D eigenvalue weighted by Crippen LogP contribution is 2.31. The van der Waals surface area contributed by atoms with E-state index in [1.165, 1.54) is 70.5 Å². The van der Waals surface area contributed by atoms with Crippen LogP contribution in [0.3, 0.4) is 0 Å². The molecule has 40 heavy (non-hydrogen) atoms. The lowest BCUT2D eigenvalue weighted by Crippen LogP contribution is -2.19. The van der Waals surface area contributed by atoms with E-state index in [9.17, 15) is 4.39 Å². The molecule has 0 radical (unpaired) electrons. The minimum Gasteiger partial charge on any atom is -0.396 e. The first-order valence-electron chi connectivity index (χ1n) is 15.1. The van der Waals surface area contributed by atoms with Gasteiger partial charge in [0.1, 0.15) is 5.82 Å². The van der Waals surface area contributed by atoms with E-state index < -0.39 is 5.82 Å². The molecular formula is C33H51FN6. The largest absolute Gasteiger partial charge is 0.396 e. The summed E-state index contributed by atoms with van der Waals surface area (Å²) >= 11 is 0. The van der Waals surface area contributed by atoms with Crippen molar-refractivity contribution in [3.8, 4) is 11.1 Å². The third-order valence-electron chi connectivity index (χ3n) is 6.97. The predicted molar refractivity (Wildman–Crippen MR) is 169 cm³/mol. The lowest BCUT2D eigenvalue weighted by Gasteiger charge is -2.13. The molecule has 3 aromatic heterocycles. The molecule has 1 aromatic carbocycles. The molecule has 0 amide bonds. The first-order valence-corrected chi connectivity index (χ1v) is 15.1. The van der Waals surface area contributed by atoms with Gasteiger partial charge in [0.2, 0.25) is 0 Å². The summed E-state index contributed by atoms with van der Waals surface area (Å²) < 4.78 is 15.4. The Morgan fingerprint density at radius 2 is 1.68 bits per heavy atom. The first kappa shape index (κ1) is 33.1. The van der Waals surface area contributed by atoms with Crippen LogP contribution in [0.25, 0.3) is 27.7 Å². The van der Waals surface area contributed by atoms with Gasteiger partial charge in [0.05, 0.1) is 17.4 Å². The number of rotatable bonds is 11. The lowest BCUT2D eigenvalue weighted by atomic mass is 10.00. The van der Waals surface area contributed by atoms with E-state index in [4.69, 9.17) is 5.73 Å². The van der Waals surface area contributed by atoms with Gasteiger partial charge in [-0.3, -0.25) is 4.98 Å². The number of benzene rings is 1. The number of anilines is 1. The second-order valence-electron chi connectivity index (χ2n) is 10.9. The monoisotopic (exact) mass is 550 g/mol. The molecule has 0 bridgehead atoms. The summed E-state index contributed by atoms with van der Waals surface area (Å²) in [5.41, 5.74) is 9.85. The van der Waals surface area contributed by atoms with Crippen molar-refractivity contribution >= 4 is 22.2 Å². The molecule has 1 atom stereocenters. The number of aromatic nitrogens is 4. The second kappa shape index (κ2) is 17.6. The molecule has 0 aliphatic carbocycles. The molecule has 4 aromatic rings. The SMILES string of the molecule is CCCCC(C)CCC.CCCCN(C)CCC.Cc1cnc2c(-c3ccnc4cc(F)c(N)cc34)cnn2c1. The third kappa shape index (κ3) is 10.2. The van der Waals surface area contributed by atoms with Crippen LogP contribution >= 0.6 is 0 Å². The molecule has 0 spiro atoms. The van der Waals surface area contributed by atoms with E-state index >= 15 is 0 Å². The van der Waals surface area contributed by atoms with Gasteiger partial charge in [-0.1, -0.05) is 73.1 Å². The van der Waals surface area contributed by atoms with Crippen molar-refractivity contribution in [1.29, 1.82) is 0 Å². The van der Waals surface area contributed by atoms with Gasteiger partial charge in [-0.05, 0) is 69.1 Å². The van der Waals surface area contributed by atoms with Crippen LogP contribution in [0.2, 0.25) is 0 Å². The zero-order valence-corrected chi connectivity index (χ0v) is 25.9. The molecule has 0 saturated carbocycles. The van der Waals surface area contributed by atoms with Crippen LogP contribution in [0, 0.1) is 18.7 Å². The van der Waals surface area contributed by atoms with Gasteiger partial charge in [0.15, 0.2) is 5.65 Å². The number of pyridine rings is 1. The van der Waals surface area contributed by atoms with E-state index in [1.54, 1.807) is 29.2 Å². The fourth-order valence-electron chi connectivity index (χ4n) is 4.69. The number of nitrogen functional groups attached to an aromatic ring is 1. The fraction of sp³-hybridized carbons (Fsp3) is 0.545. The average molecular weight is 551 g/mol. The Bertz CT molecular complexity index is 1270. The second-order valence-corrected chi connectivity index (χ2v) is 10.9. The Kier molecular flexibility index (Phi) is 14.6. The average Bonchev–Trinajstić information content (AvgIpc) is 3.35. The van der Waals surface area contributed by atoms with Crippen molar-refractivity contribution < 1.29 is 4.39 Å². The van der Waals surface area contributed by atoms with Crippen molar-refractivity contribution in [3.63, 3.8) is 0 Å². The molecular weight excluding hydrogens is 499 g/mol. The summed E-state index contributed by atoms with van der Waals surface area (Å²) in [4.78, 5) is 11.0. The minimum atomic E-state index is -0.467. The summed E-state index contributed by atoms with van der Waals surface area (Å²) in [5, 5.41) is 5.11. The maximum Gasteiger partial charge on any atom is 0.162 e. The number of hydrogen-bond donors (Lipinski definition) is 1. The van der Waals surface area contributed by atoms with Crippen LogP contribution in [-0.4, -0.2) is 44.6 Å². The van der Waals surface area contributed by atoms with Gasteiger partial charge < -0.3 is 10.6 Å². The van der Waals surface area contributed by atoms with Gasteiger partial charge in [-0.2, -0.15) is 5.10 Å². The first-order chi connectivity index (χ1) is 19.2. The molecule has 6 nitrogen and oxygen atoms in total. The highest BCUT2D eigenvalue weighted by Gasteiger charge is 2.13. The zero-order valence-electron chi connectivity index (χ0n) is 25.9. The normalized spacial score (nSPS) is 11.7. The molecule has 220 valence electrons. The molecule has 0 aliphatic rings. The van der Waals surface area contributed by atoms with Gasteiger partial charge in [0, 0.05) is 35.6 Å². The highest BCUT2D eigenvalue weighted by atomic mass is 19.1. The predicted octanol–water partition coefficient (Wildman–Crippen LogP) is 8.72. The van der Waals surface area contributed by atoms with Gasteiger partial charge in [-0.15, -0.1) is 0 Å². The third-order valence-corrected chi connectivity index (χ3v) is 6.97. The quantitative estimate of drug-likeness (QED) is 0.189. The Labute approximate surface area is 241 Å². The summed E-state index contributed by atoms with van der Waals surface area (Å²) in [5.74, 6) is 0.501. The number of fused-ring (bicyclic) bond motifs is 2. The molecule has 3 heterocycles. The van der Waals surface area contributed by atoms with E-state index in [1.807, 2.05) is 19.2 Å². The molecule has 0 fully saturated rings. The van der Waals surface area contributed by atoms with Crippen LogP contribution in [0.1, 0.15) is 91.5 Å². The van der Waals surface area contributed by atoms with Gasteiger partial charge in [0.25, 0.3) is 0 Å². The summed E-state index contributed by atoms with van der Waals surface area (Å²) in [7, 11) is 2.19. The number of nitrogens with zero attached hydrogens (tertiary/aromatic N) is 5. The van der Waals surface area contributed by atoms with Crippen molar-refractivity contribution in [2.24, 2.45) is 5.92 Å². The van der Waals surface area contributed by atoms with E-state index in [-0.39, 0.29) is 5.69 Å². The number of halogens is 1. The van der Waals surface area contributed by atoms with Crippen molar-refractivity contribution in [3.05, 3.63) is 54.4 Å². The molecule has 1 unspecified atom stereocenters. The number of unbranched alkanes of at least 4 members (excludes halogenated alkanes) is 2. The molecule has 0 aliphatic heterocycles. The maximum atomic E-state index is 13.6. The van der Waals surface area contributed by atoms with Crippen molar-refractivity contribution in [1.82, 2.24) is 24.5 Å². The number of hydrogen-bond acceptors (Lipinski definition) is 5. The minimum absolute atomic E-state index is 0.0991. The number of nitrogens with two attached hydrogens (primary N) is 1. The number of aryl methyl sites for hydroxylation is 1. The van der Waals surface area contributed by atoms with E-state index in [0.717, 1.165) is 33.6 Å². The van der Waals surface area contributed by atoms with Gasteiger partial charge in [-0.25, -0.2) is 13.9 Å². The maximum absolute atomic E-state index is 13.6. The Balaban J connectivity index is 0.000000260. The summed E-state index contributed by atoms with van der Waals surface area (Å²) in [6.07, 6.45) is 18.0. The van der Waals surface area contributed by atoms with Crippen LogP contribution < -0.4 is 5.73 Å². The Morgan fingerprint density at radius 1 is 0.925 bits per heavy atom. The van der Waals surface area contributed by atoms with Crippen molar-refractivity contribution in [2.45, 2.75) is 92.9 Å². The van der Waals surface area contributed by atoms with Crippen molar-refractivity contribution in [2.75, 3.05) is 25.9 Å². The van der Waals surface area contributed by atoms with E-state index in [2.05, 4.69) is 61.6 Å². The van der Waals surface area contributed by atoms with Crippen LogP contribution in [0.4, 0.5) is 10.1 Å². The zero-order chi connectivity index (χ0) is 29.5. The van der Waals surface area contributed by atoms with Crippen LogP contribution in [0.15, 0.2) is 43.0 Å². The molecule has 7 heteroatoms. The molecule has 4 rings (SSSR count). The fourth-order valence-corrected chi connectivity index (χ4v) is 4.69.